The van der Waals surface area contributed by atoms with Gasteiger partial charge in [0.1, 0.15) is 0 Å². The molecular formula is C20H26N2O3. The summed E-state index contributed by atoms with van der Waals surface area (Å²) < 4.78 is 10.5. The number of aryl methyl sites for hydroxylation is 2. The zero-order valence-electron chi connectivity index (χ0n) is 15.3. The van der Waals surface area contributed by atoms with Gasteiger partial charge in [-0.2, -0.15) is 0 Å². The van der Waals surface area contributed by atoms with E-state index in [1.807, 2.05) is 44.2 Å². The summed E-state index contributed by atoms with van der Waals surface area (Å²) in [6.07, 6.45) is 0.417. The molecule has 5 heteroatoms. The van der Waals surface area contributed by atoms with E-state index in [1.54, 1.807) is 14.2 Å². The minimum Gasteiger partial charge on any atom is -0.493 e. The molecule has 0 saturated carbocycles. The Balaban J connectivity index is 1.78. The standard InChI is InChI=1S/C20H26N2O3/c1-14-5-7-17(15(2)11-14)22-20(23)9-10-21-13-16-6-8-18(24-3)19(12-16)25-4/h5-8,11-12,21H,9-10,13H2,1-4H3,(H,22,23). The first-order chi connectivity index (χ1) is 12.0. The van der Waals surface area contributed by atoms with Crippen molar-refractivity contribution in [3.05, 3.63) is 53.1 Å². The van der Waals surface area contributed by atoms with Crippen LogP contribution in [0.4, 0.5) is 5.69 Å². The van der Waals surface area contributed by atoms with Crippen LogP contribution in [-0.2, 0) is 11.3 Å². The lowest BCUT2D eigenvalue weighted by Crippen LogP contribution is -2.21. The molecule has 0 aromatic heterocycles. The van der Waals surface area contributed by atoms with Gasteiger partial charge >= 0.3 is 0 Å². The van der Waals surface area contributed by atoms with Gasteiger partial charge in [-0.3, -0.25) is 4.79 Å². The molecule has 5 nitrogen and oxygen atoms in total. The third kappa shape index (κ3) is 5.50. The predicted molar refractivity (Wildman–Crippen MR) is 100 cm³/mol. The Kier molecular flexibility index (Phi) is 6.83. The Morgan fingerprint density at radius 3 is 2.44 bits per heavy atom. The highest BCUT2D eigenvalue weighted by Gasteiger charge is 2.06. The highest BCUT2D eigenvalue weighted by molar-refractivity contribution is 5.91. The van der Waals surface area contributed by atoms with Gasteiger partial charge in [-0.05, 0) is 43.2 Å². The van der Waals surface area contributed by atoms with Crippen molar-refractivity contribution in [3.8, 4) is 11.5 Å². The van der Waals surface area contributed by atoms with Crippen LogP contribution in [0.2, 0.25) is 0 Å². The van der Waals surface area contributed by atoms with Crippen molar-refractivity contribution in [2.24, 2.45) is 0 Å². The maximum Gasteiger partial charge on any atom is 0.225 e. The number of rotatable bonds is 8. The maximum atomic E-state index is 12.1. The number of hydrogen-bond acceptors (Lipinski definition) is 4. The van der Waals surface area contributed by atoms with Crippen LogP contribution in [0.3, 0.4) is 0 Å². The minimum absolute atomic E-state index is 0.00626. The molecule has 134 valence electrons. The van der Waals surface area contributed by atoms with Crippen LogP contribution < -0.4 is 20.1 Å². The van der Waals surface area contributed by atoms with Gasteiger partial charge in [0, 0.05) is 25.2 Å². The molecule has 2 aromatic rings. The van der Waals surface area contributed by atoms with E-state index in [1.165, 1.54) is 5.56 Å². The average molecular weight is 342 g/mol. The quantitative estimate of drug-likeness (QED) is 0.722. The summed E-state index contributed by atoms with van der Waals surface area (Å²) in [5.41, 5.74) is 4.21. The number of nitrogens with one attached hydrogen (secondary N) is 2. The Morgan fingerprint density at radius 2 is 1.76 bits per heavy atom. The Hall–Kier alpha value is -2.53. The number of hydrogen-bond donors (Lipinski definition) is 2. The van der Waals surface area contributed by atoms with Crippen LogP contribution in [0.15, 0.2) is 36.4 Å². The van der Waals surface area contributed by atoms with Crippen molar-refractivity contribution < 1.29 is 14.3 Å². The molecule has 0 unspecified atom stereocenters. The van der Waals surface area contributed by atoms with Crippen molar-refractivity contribution in [2.45, 2.75) is 26.8 Å². The largest absolute Gasteiger partial charge is 0.493 e. The second-order valence-electron chi connectivity index (χ2n) is 5.98. The van der Waals surface area contributed by atoms with Crippen molar-refractivity contribution in [2.75, 3.05) is 26.1 Å². The lowest BCUT2D eigenvalue weighted by molar-refractivity contribution is -0.116. The number of amides is 1. The third-order valence-electron chi connectivity index (χ3n) is 3.96. The van der Waals surface area contributed by atoms with Crippen LogP contribution in [0.1, 0.15) is 23.1 Å². The SMILES string of the molecule is COc1ccc(CNCCC(=O)Nc2ccc(C)cc2C)cc1OC. The monoisotopic (exact) mass is 342 g/mol. The highest BCUT2D eigenvalue weighted by atomic mass is 16.5. The van der Waals surface area contributed by atoms with Gasteiger partial charge in [0.05, 0.1) is 14.2 Å². The first kappa shape index (κ1) is 18.8. The maximum absolute atomic E-state index is 12.1. The highest BCUT2D eigenvalue weighted by Crippen LogP contribution is 2.27. The molecule has 0 atom stereocenters. The number of ether oxygens (including phenoxy) is 2. The third-order valence-corrected chi connectivity index (χ3v) is 3.96. The number of carbonyl (C=O) groups excluding carboxylic acids is 1. The second kappa shape index (κ2) is 9.08. The van der Waals surface area contributed by atoms with Gasteiger partial charge in [0.2, 0.25) is 5.91 Å². The Bertz CT molecular complexity index is 729. The topological polar surface area (TPSA) is 59.6 Å². The summed E-state index contributed by atoms with van der Waals surface area (Å²) in [5, 5.41) is 6.23. The van der Waals surface area contributed by atoms with Crippen molar-refractivity contribution >= 4 is 11.6 Å². The number of carbonyl (C=O) groups is 1. The Labute approximate surface area is 149 Å². The van der Waals surface area contributed by atoms with Crippen LogP contribution in [0.5, 0.6) is 11.5 Å². The smallest absolute Gasteiger partial charge is 0.225 e. The van der Waals surface area contributed by atoms with Crippen LogP contribution in [0.25, 0.3) is 0 Å². The summed E-state index contributed by atoms with van der Waals surface area (Å²) in [5.74, 6) is 1.42. The normalized spacial score (nSPS) is 10.4. The fourth-order valence-electron chi connectivity index (χ4n) is 2.59. The van der Waals surface area contributed by atoms with Crippen molar-refractivity contribution in [3.63, 3.8) is 0 Å². The van der Waals surface area contributed by atoms with E-state index < -0.39 is 0 Å². The molecule has 1 amide bonds. The van der Waals surface area contributed by atoms with E-state index >= 15 is 0 Å². The summed E-state index contributed by atoms with van der Waals surface area (Å²) >= 11 is 0. The van der Waals surface area contributed by atoms with Gasteiger partial charge in [0.25, 0.3) is 0 Å². The van der Waals surface area contributed by atoms with Crippen molar-refractivity contribution in [1.82, 2.24) is 5.32 Å². The summed E-state index contributed by atoms with van der Waals surface area (Å²) in [7, 11) is 3.23. The zero-order valence-corrected chi connectivity index (χ0v) is 15.3. The molecule has 2 aromatic carbocycles. The molecule has 0 fully saturated rings. The molecule has 0 aliphatic heterocycles. The molecule has 2 rings (SSSR count). The lowest BCUT2D eigenvalue weighted by Gasteiger charge is -2.11. The molecule has 2 N–H and O–H groups in total. The molecule has 0 aliphatic carbocycles. The van der Waals surface area contributed by atoms with Crippen LogP contribution in [-0.4, -0.2) is 26.7 Å². The van der Waals surface area contributed by atoms with Gasteiger partial charge in [-0.25, -0.2) is 0 Å². The van der Waals surface area contributed by atoms with E-state index in [9.17, 15) is 4.79 Å². The molecule has 0 bridgehead atoms. The van der Waals surface area contributed by atoms with E-state index in [0.717, 1.165) is 16.8 Å². The first-order valence-corrected chi connectivity index (χ1v) is 8.32. The van der Waals surface area contributed by atoms with E-state index in [4.69, 9.17) is 9.47 Å². The van der Waals surface area contributed by atoms with Crippen LogP contribution in [0, 0.1) is 13.8 Å². The Morgan fingerprint density at radius 1 is 1.00 bits per heavy atom. The molecule has 0 aliphatic rings. The molecule has 25 heavy (non-hydrogen) atoms. The lowest BCUT2D eigenvalue weighted by atomic mass is 10.1. The number of benzene rings is 2. The fraction of sp³-hybridized carbons (Fsp3) is 0.350. The number of methoxy groups -OCH3 is 2. The van der Waals surface area contributed by atoms with Gasteiger partial charge in [0.15, 0.2) is 11.5 Å². The first-order valence-electron chi connectivity index (χ1n) is 8.32. The second-order valence-corrected chi connectivity index (χ2v) is 5.98. The average Bonchev–Trinajstić information content (AvgIpc) is 2.61. The van der Waals surface area contributed by atoms with Crippen molar-refractivity contribution in [1.29, 1.82) is 0 Å². The van der Waals surface area contributed by atoms with E-state index in [-0.39, 0.29) is 5.91 Å². The molecular weight excluding hydrogens is 316 g/mol. The van der Waals surface area contributed by atoms with E-state index in [2.05, 4.69) is 16.7 Å². The fourth-order valence-corrected chi connectivity index (χ4v) is 2.59. The van der Waals surface area contributed by atoms with Gasteiger partial charge in [-0.1, -0.05) is 23.8 Å². The summed E-state index contributed by atoms with van der Waals surface area (Å²) in [6, 6.07) is 11.8. The van der Waals surface area contributed by atoms with E-state index in [0.29, 0.717) is 31.0 Å². The molecule has 0 heterocycles. The van der Waals surface area contributed by atoms with Gasteiger partial charge < -0.3 is 20.1 Å². The molecule has 0 radical (unpaired) electrons. The minimum atomic E-state index is 0.00626. The molecule has 0 spiro atoms. The van der Waals surface area contributed by atoms with Gasteiger partial charge in [-0.15, -0.1) is 0 Å². The summed E-state index contributed by atoms with van der Waals surface area (Å²) in [6.45, 7) is 5.30. The summed E-state index contributed by atoms with van der Waals surface area (Å²) in [4.78, 5) is 12.1. The molecule has 0 saturated heterocycles. The zero-order chi connectivity index (χ0) is 18.2. The number of anilines is 1. The predicted octanol–water partition coefficient (Wildman–Crippen LogP) is 3.44. The van der Waals surface area contributed by atoms with Crippen LogP contribution >= 0.6 is 0 Å².